The summed E-state index contributed by atoms with van der Waals surface area (Å²) in [4.78, 5) is 31.5. The van der Waals surface area contributed by atoms with Crippen molar-refractivity contribution in [1.29, 1.82) is 0 Å². The van der Waals surface area contributed by atoms with Crippen LogP contribution in [0.25, 0.3) is 11.2 Å². The van der Waals surface area contributed by atoms with E-state index in [1.165, 1.54) is 6.42 Å². The fraction of sp³-hybridized carbons (Fsp3) is 0.455. The van der Waals surface area contributed by atoms with Crippen LogP contribution in [-0.4, -0.2) is 56.5 Å². The third-order valence-corrected chi connectivity index (χ3v) is 6.25. The molecule has 1 saturated heterocycles. The first-order valence-corrected chi connectivity index (χ1v) is 11.0. The van der Waals surface area contributed by atoms with Crippen molar-refractivity contribution in [3.8, 4) is 0 Å². The van der Waals surface area contributed by atoms with Crippen molar-refractivity contribution in [2.45, 2.75) is 39.2 Å². The van der Waals surface area contributed by atoms with Crippen LogP contribution in [0, 0.1) is 6.92 Å². The van der Waals surface area contributed by atoms with Crippen molar-refractivity contribution in [2.75, 3.05) is 31.1 Å². The number of carbonyl (C=O) groups excluding carboxylic acids is 1. The summed E-state index contributed by atoms with van der Waals surface area (Å²) in [6.45, 7) is 5.68. The van der Waals surface area contributed by atoms with Crippen molar-refractivity contribution in [2.24, 2.45) is 0 Å². The van der Waals surface area contributed by atoms with E-state index < -0.39 is 0 Å². The number of aromatic nitrogens is 4. The molecule has 0 aliphatic carbocycles. The first kappa shape index (κ1) is 19.3. The van der Waals surface area contributed by atoms with E-state index in [4.69, 9.17) is 21.6 Å². The zero-order chi connectivity index (χ0) is 20.7. The molecule has 1 fully saturated rings. The molecule has 2 aliphatic heterocycles. The van der Waals surface area contributed by atoms with E-state index in [-0.39, 0.29) is 5.91 Å². The lowest BCUT2D eigenvalue weighted by Crippen LogP contribution is -2.49. The highest BCUT2D eigenvalue weighted by Gasteiger charge is 2.27. The smallest absolute Gasteiger partial charge is 0.256 e. The number of imidazole rings is 1. The minimum absolute atomic E-state index is 0.0440. The number of anilines is 1. The lowest BCUT2D eigenvalue weighted by atomic mass is 10.1. The molecule has 0 N–H and O–H groups in total. The van der Waals surface area contributed by atoms with Gasteiger partial charge in [0.05, 0.1) is 10.6 Å². The Labute approximate surface area is 180 Å². The zero-order valence-corrected chi connectivity index (χ0v) is 17.9. The number of carbonyl (C=O) groups is 1. The van der Waals surface area contributed by atoms with E-state index in [0.29, 0.717) is 23.7 Å². The predicted molar refractivity (Wildman–Crippen MR) is 117 cm³/mol. The van der Waals surface area contributed by atoms with Gasteiger partial charge in [0, 0.05) is 51.0 Å². The Hall–Kier alpha value is -2.67. The van der Waals surface area contributed by atoms with E-state index in [1.54, 1.807) is 6.20 Å². The molecule has 30 heavy (non-hydrogen) atoms. The van der Waals surface area contributed by atoms with Gasteiger partial charge in [-0.2, -0.15) is 0 Å². The third-order valence-electron chi connectivity index (χ3n) is 6.03. The molecular formula is C22H25ClN6O. The number of fused-ring (bicyclic) bond motifs is 3. The molecule has 0 saturated carbocycles. The highest BCUT2D eigenvalue weighted by atomic mass is 35.5. The Balaban J connectivity index is 1.39. The molecule has 2 aliphatic rings. The van der Waals surface area contributed by atoms with E-state index >= 15 is 0 Å². The van der Waals surface area contributed by atoms with Crippen LogP contribution in [-0.2, 0) is 13.0 Å². The Morgan fingerprint density at radius 1 is 1.03 bits per heavy atom. The highest BCUT2D eigenvalue weighted by Crippen LogP contribution is 2.25. The first-order valence-electron chi connectivity index (χ1n) is 10.6. The van der Waals surface area contributed by atoms with Crippen LogP contribution in [0.2, 0.25) is 5.02 Å². The molecule has 0 bridgehead atoms. The van der Waals surface area contributed by atoms with Gasteiger partial charge in [-0.05, 0) is 38.0 Å². The number of pyridine rings is 2. The lowest BCUT2D eigenvalue weighted by molar-refractivity contribution is 0.0748. The Morgan fingerprint density at radius 3 is 2.63 bits per heavy atom. The predicted octanol–water partition coefficient (Wildman–Crippen LogP) is 3.48. The summed E-state index contributed by atoms with van der Waals surface area (Å²) in [6.07, 6.45) is 6.11. The van der Waals surface area contributed by atoms with Crippen molar-refractivity contribution in [3.05, 3.63) is 46.5 Å². The SMILES string of the molecule is Cc1cc(C(=O)N2CCN(c3ccc(Cl)cn3)CC2)c2nc3n(c2n1)CCCCC3. The molecule has 3 aromatic rings. The number of hydrogen-bond acceptors (Lipinski definition) is 5. The molecule has 0 atom stereocenters. The van der Waals surface area contributed by atoms with Gasteiger partial charge in [-0.1, -0.05) is 18.0 Å². The van der Waals surface area contributed by atoms with E-state index in [1.807, 2.05) is 30.0 Å². The standard InChI is InChI=1S/C22H25ClN6O/c1-15-13-17(20-21(25-15)29-8-4-2-3-5-19(29)26-20)22(30)28-11-9-27(10-12-28)18-7-6-16(23)14-24-18/h6-7,13-14H,2-5,8-12H2,1H3. The van der Waals surface area contributed by atoms with Gasteiger partial charge in [0.1, 0.15) is 17.2 Å². The fourth-order valence-electron chi connectivity index (χ4n) is 4.44. The minimum atomic E-state index is 0.0440. The third kappa shape index (κ3) is 3.51. The molecule has 0 unspecified atom stereocenters. The molecule has 5 rings (SSSR count). The van der Waals surface area contributed by atoms with E-state index in [9.17, 15) is 4.79 Å². The molecule has 5 heterocycles. The zero-order valence-electron chi connectivity index (χ0n) is 17.1. The second-order valence-corrected chi connectivity index (χ2v) is 8.52. The van der Waals surface area contributed by atoms with E-state index in [0.717, 1.165) is 67.4 Å². The molecule has 8 heteroatoms. The van der Waals surface area contributed by atoms with Crippen LogP contribution >= 0.6 is 11.6 Å². The number of piperazine rings is 1. The topological polar surface area (TPSA) is 67.2 Å². The minimum Gasteiger partial charge on any atom is -0.353 e. The molecule has 1 amide bonds. The largest absolute Gasteiger partial charge is 0.353 e. The summed E-state index contributed by atoms with van der Waals surface area (Å²) in [5.41, 5.74) is 3.15. The average Bonchev–Trinajstić information content (AvgIpc) is 2.94. The summed E-state index contributed by atoms with van der Waals surface area (Å²) in [7, 11) is 0. The van der Waals surface area contributed by atoms with Gasteiger partial charge in [-0.25, -0.2) is 15.0 Å². The van der Waals surface area contributed by atoms with Crippen molar-refractivity contribution in [3.63, 3.8) is 0 Å². The number of rotatable bonds is 2. The van der Waals surface area contributed by atoms with Crippen LogP contribution < -0.4 is 4.90 Å². The van der Waals surface area contributed by atoms with Gasteiger partial charge in [-0.15, -0.1) is 0 Å². The van der Waals surface area contributed by atoms with Gasteiger partial charge >= 0.3 is 0 Å². The van der Waals surface area contributed by atoms with Crippen LogP contribution in [0.1, 0.15) is 41.1 Å². The molecule has 0 aromatic carbocycles. The Bertz CT molecular complexity index is 1090. The molecule has 0 spiro atoms. The Kier molecular flexibility index (Phi) is 5.06. The number of amides is 1. The van der Waals surface area contributed by atoms with Gasteiger partial charge in [0.15, 0.2) is 5.65 Å². The average molecular weight is 425 g/mol. The Morgan fingerprint density at radius 2 is 1.87 bits per heavy atom. The molecular weight excluding hydrogens is 400 g/mol. The van der Waals surface area contributed by atoms with Crippen LogP contribution in [0.4, 0.5) is 5.82 Å². The summed E-state index contributed by atoms with van der Waals surface area (Å²) < 4.78 is 2.22. The van der Waals surface area contributed by atoms with Crippen molar-refractivity contribution >= 4 is 34.5 Å². The van der Waals surface area contributed by atoms with E-state index in [2.05, 4.69) is 14.5 Å². The first-order chi connectivity index (χ1) is 14.6. The maximum absolute atomic E-state index is 13.4. The summed E-state index contributed by atoms with van der Waals surface area (Å²) >= 11 is 5.94. The second-order valence-electron chi connectivity index (χ2n) is 8.09. The van der Waals surface area contributed by atoms with Crippen LogP contribution in [0.15, 0.2) is 24.4 Å². The lowest BCUT2D eigenvalue weighted by Gasteiger charge is -2.35. The highest BCUT2D eigenvalue weighted by molar-refractivity contribution is 6.30. The summed E-state index contributed by atoms with van der Waals surface area (Å²) in [5.74, 6) is 2.00. The van der Waals surface area contributed by atoms with Crippen molar-refractivity contribution in [1.82, 2.24) is 24.4 Å². The van der Waals surface area contributed by atoms with Gasteiger partial charge in [-0.3, -0.25) is 4.79 Å². The van der Waals surface area contributed by atoms with Crippen LogP contribution in [0.3, 0.4) is 0 Å². The number of hydrogen-bond donors (Lipinski definition) is 0. The second kappa shape index (κ2) is 7.87. The maximum Gasteiger partial charge on any atom is 0.256 e. The van der Waals surface area contributed by atoms with Gasteiger partial charge in [0.25, 0.3) is 5.91 Å². The monoisotopic (exact) mass is 424 g/mol. The number of aryl methyl sites for hydroxylation is 3. The number of halogens is 1. The maximum atomic E-state index is 13.4. The quantitative estimate of drug-likeness (QED) is 0.630. The van der Waals surface area contributed by atoms with Gasteiger partial charge in [0.2, 0.25) is 0 Å². The molecule has 0 radical (unpaired) electrons. The number of nitrogens with zero attached hydrogens (tertiary/aromatic N) is 6. The summed E-state index contributed by atoms with van der Waals surface area (Å²) in [6, 6.07) is 5.67. The molecule has 3 aromatic heterocycles. The van der Waals surface area contributed by atoms with Crippen LogP contribution in [0.5, 0.6) is 0 Å². The van der Waals surface area contributed by atoms with Crippen molar-refractivity contribution < 1.29 is 4.79 Å². The summed E-state index contributed by atoms with van der Waals surface area (Å²) in [5, 5.41) is 0.628. The molecule has 156 valence electrons. The fourth-order valence-corrected chi connectivity index (χ4v) is 4.55. The normalized spacial score (nSPS) is 17.1. The van der Waals surface area contributed by atoms with Gasteiger partial charge < -0.3 is 14.4 Å². The molecule has 7 nitrogen and oxygen atoms in total.